The van der Waals surface area contributed by atoms with E-state index >= 15 is 0 Å². The molecule has 2 rings (SSSR count). The Morgan fingerprint density at radius 3 is 2.37 bits per heavy atom. The monoisotopic (exact) mass is 395 g/mol. The van der Waals surface area contributed by atoms with E-state index in [9.17, 15) is 24.5 Å². The molecule has 142 valence electrons. The highest BCUT2D eigenvalue weighted by Crippen LogP contribution is 2.19. The second kappa shape index (κ2) is 8.41. The predicted octanol–water partition coefficient (Wildman–Crippen LogP) is 1.77. The van der Waals surface area contributed by atoms with Gasteiger partial charge in [0, 0.05) is 6.20 Å². The van der Waals surface area contributed by atoms with Gasteiger partial charge in [-0.05, 0) is 32.1 Å². The number of fused-ring (bicyclic) bond motifs is 1. The van der Waals surface area contributed by atoms with Gasteiger partial charge in [-0.25, -0.2) is 14.6 Å². The minimum atomic E-state index is -1.05. The fourth-order valence-electron chi connectivity index (χ4n) is 2.15. The van der Waals surface area contributed by atoms with Crippen molar-refractivity contribution >= 4 is 41.0 Å². The van der Waals surface area contributed by atoms with E-state index in [-0.39, 0.29) is 23.9 Å². The zero-order chi connectivity index (χ0) is 20.1. The van der Waals surface area contributed by atoms with Gasteiger partial charge in [0.2, 0.25) is 0 Å². The number of nitro groups is 1. The van der Waals surface area contributed by atoms with Crippen LogP contribution in [0.15, 0.2) is 28.7 Å². The van der Waals surface area contributed by atoms with Gasteiger partial charge in [0.15, 0.2) is 5.69 Å². The van der Waals surface area contributed by atoms with E-state index in [0.717, 1.165) is 10.5 Å². The van der Waals surface area contributed by atoms with Gasteiger partial charge in [-0.2, -0.15) is 0 Å². The number of hydrogen-bond donors (Lipinski definition) is 0. The molecule has 0 aromatic carbocycles. The number of carbonyl (C=O) groups is 2. The molecule has 0 saturated heterocycles. The summed E-state index contributed by atoms with van der Waals surface area (Å²) < 4.78 is 10.4. The van der Waals surface area contributed by atoms with Gasteiger partial charge in [0.05, 0.1) is 23.2 Å². The Labute approximate surface area is 157 Å². The molecular weight excluding hydrogens is 382 g/mol. The Morgan fingerprint density at radius 2 is 1.85 bits per heavy atom. The smallest absolute Gasteiger partial charge is 0.359 e. The molecule has 10 nitrogen and oxygen atoms in total. The summed E-state index contributed by atoms with van der Waals surface area (Å²) in [6.07, 6.45) is 1.98. The van der Waals surface area contributed by atoms with Crippen LogP contribution in [-0.2, 0) is 19.1 Å². The molecule has 2 heterocycles. The Morgan fingerprint density at radius 1 is 1.26 bits per heavy atom. The molecule has 0 spiro atoms. The maximum Gasteiger partial charge on any atom is 0.359 e. The van der Waals surface area contributed by atoms with E-state index in [1.165, 1.54) is 32.2 Å². The standard InChI is InChI=1S/C16H14ClN3O7/c1-3-26-15(22)10(16(23)27-4-2)7-11-13(20(24)25)14(21)19-8-9(17)5-6-12(19)18-11/h5-8H,3-4H2,1-2H3. The first-order valence-electron chi connectivity index (χ1n) is 7.72. The first-order valence-corrected chi connectivity index (χ1v) is 8.10. The third kappa shape index (κ3) is 4.29. The number of carbonyl (C=O) groups excluding carboxylic acids is 2. The lowest BCUT2D eigenvalue weighted by molar-refractivity contribution is -0.386. The fraction of sp³-hybridized carbons (Fsp3) is 0.250. The summed E-state index contributed by atoms with van der Waals surface area (Å²) in [7, 11) is 0. The van der Waals surface area contributed by atoms with Crippen molar-refractivity contribution in [1.82, 2.24) is 9.38 Å². The number of nitrogens with zero attached hydrogens (tertiary/aromatic N) is 3. The van der Waals surface area contributed by atoms with Crippen LogP contribution in [0.1, 0.15) is 19.5 Å². The number of aromatic nitrogens is 2. The molecule has 2 aromatic heterocycles. The summed E-state index contributed by atoms with van der Waals surface area (Å²) in [5.41, 5.74) is -3.02. The zero-order valence-electron chi connectivity index (χ0n) is 14.3. The topological polar surface area (TPSA) is 130 Å². The van der Waals surface area contributed by atoms with Gasteiger partial charge in [-0.3, -0.25) is 19.3 Å². The molecule has 0 amide bonds. The lowest BCUT2D eigenvalue weighted by Crippen LogP contribution is -2.22. The first-order chi connectivity index (χ1) is 12.8. The van der Waals surface area contributed by atoms with Crippen molar-refractivity contribution in [3.05, 3.63) is 55.1 Å². The first kappa shape index (κ1) is 20.0. The second-order valence-electron chi connectivity index (χ2n) is 4.98. The highest BCUT2D eigenvalue weighted by molar-refractivity contribution is 6.30. The minimum Gasteiger partial charge on any atom is -0.462 e. The van der Waals surface area contributed by atoms with E-state index in [1.807, 2.05) is 0 Å². The summed E-state index contributed by atoms with van der Waals surface area (Å²) in [6, 6.07) is 2.79. The zero-order valence-corrected chi connectivity index (χ0v) is 15.1. The van der Waals surface area contributed by atoms with Crippen molar-refractivity contribution in [2.24, 2.45) is 0 Å². The lowest BCUT2D eigenvalue weighted by Gasteiger charge is -2.07. The molecule has 0 aliphatic rings. The van der Waals surface area contributed by atoms with Crippen molar-refractivity contribution in [3.63, 3.8) is 0 Å². The highest BCUT2D eigenvalue weighted by atomic mass is 35.5. The molecule has 0 fully saturated rings. The van der Waals surface area contributed by atoms with Crippen LogP contribution in [0.2, 0.25) is 5.02 Å². The number of ether oxygens (including phenoxy) is 2. The van der Waals surface area contributed by atoms with Crippen molar-refractivity contribution in [1.29, 1.82) is 0 Å². The number of esters is 2. The van der Waals surface area contributed by atoms with E-state index in [1.54, 1.807) is 0 Å². The molecule has 0 N–H and O–H groups in total. The molecule has 27 heavy (non-hydrogen) atoms. The third-order valence-electron chi connectivity index (χ3n) is 3.24. The summed E-state index contributed by atoms with van der Waals surface area (Å²) in [6.45, 7) is 2.97. The molecule has 0 radical (unpaired) electrons. The normalized spacial score (nSPS) is 10.3. The largest absolute Gasteiger partial charge is 0.462 e. The van der Waals surface area contributed by atoms with Gasteiger partial charge >= 0.3 is 23.2 Å². The van der Waals surface area contributed by atoms with Crippen LogP contribution in [0.25, 0.3) is 11.7 Å². The van der Waals surface area contributed by atoms with Crippen molar-refractivity contribution in [2.75, 3.05) is 13.2 Å². The van der Waals surface area contributed by atoms with Crippen molar-refractivity contribution < 1.29 is 24.0 Å². The van der Waals surface area contributed by atoms with E-state index in [2.05, 4.69) is 4.98 Å². The quantitative estimate of drug-likeness (QED) is 0.180. The van der Waals surface area contributed by atoms with Crippen LogP contribution < -0.4 is 5.56 Å². The van der Waals surface area contributed by atoms with Crippen LogP contribution in [0, 0.1) is 10.1 Å². The molecule has 0 unspecified atom stereocenters. The maximum atomic E-state index is 12.5. The molecule has 0 bridgehead atoms. The predicted molar refractivity (Wildman–Crippen MR) is 94.4 cm³/mol. The minimum absolute atomic E-state index is 0.0355. The van der Waals surface area contributed by atoms with E-state index < -0.39 is 39.4 Å². The van der Waals surface area contributed by atoms with Crippen LogP contribution >= 0.6 is 11.6 Å². The fourth-order valence-corrected chi connectivity index (χ4v) is 2.31. The third-order valence-corrected chi connectivity index (χ3v) is 3.47. The molecule has 11 heteroatoms. The van der Waals surface area contributed by atoms with Crippen LogP contribution in [0.5, 0.6) is 0 Å². The van der Waals surface area contributed by atoms with E-state index in [0.29, 0.717) is 0 Å². The SMILES string of the molecule is CCOC(=O)C(=Cc1nc2ccc(Cl)cn2c(=O)c1[N+](=O)[O-])C(=O)OCC. The lowest BCUT2D eigenvalue weighted by atomic mass is 10.2. The number of pyridine rings is 1. The molecule has 0 aliphatic heterocycles. The van der Waals surface area contributed by atoms with Crippen LogP contribution in [0.3, 0.4) is 0 Å². The second-order valence-corrected chi connectivity index (χ2v) is 5.42. The molecular formula is C16H14ClN3O7. The average molecular weight is 396 g/mol. The Kier molecular flexibility index (Phi) is 6.24. The number of hydrogen-bond acceptors (Lipinski definition) is 8. The van der Waals surface area contributed by atoms with Gasteiger partial charge in [0.25, 0.3) is 0 Å². The van der Waals surface area contributed by atoms with Gasteiger partial charge in [-0.1, -0.05) is 11.6 Å². The molecule has 0 aliphatic carbocycles. The highest BCUT2D eigenvalue weighted by Gasteiger charge is 2.27. The maximum absolute atomic E-state index is 12.5. The van der Waals surface area contributed by atoms with Crippen molar-refractivity contribution in [2.45, 2.75) is 13.8 Å². The molecule has 2 aromatic rings. The summed E-state index contributed by atoms with van der Waals surface area (Å²) >= 11 is 5.81. The summed E-state index contributed by atoms with van der Waals surface area (Å²) in [4.78, 5) is 51.0. The van der Waals surface area contributed by atoms with E-state index in [4.69, 9.17) is 21.1 Å². The Balaban J connectivity index is 2.78. The van der Waals surface area contributed by atoms with Gasteiger partial charge in [0.1, 0.15) is 11.2 Å². The van der Waals surface area contributed by atoms with Crippen LogP contribution in [0.4, 0.5) is 5.69 Å². The Hall–Kier alpha value is -3.27. The van der Waals surface area contributed by atoms with Gasteiger partial charge in [-0.15, -0.1) is 0 Å². The van der Waals surface area contributed by atoms with Crippen LogP contribution in [-0.4, -0.2) is 39.5 Å². The van der Waals surface area contributed by atoms with Gasteiger partial charge < -0.3 is 9.47 Å². The number of rotatable bonds is 6. The molecule has 0 saturated carbocycles. The number of halogens is 1. The molecule has 0 atom stereocenters. The summed E-state index contributed by atoms with van der Waals surface area (Å²) in [5, 5.41) is 11.6. The average Bonchev–Trinajstić information content (AvgIpc) is 2.60. The van der Waals surface area contributed by atoms with Crippen molar-refractivity contribution in [3.8, 4) is 0 Å². The summed E-state index contributed by atoms with van der Waals surface area (Å²) in [5.74, 6) is -2.10. The Bertz CT molecular complexity index is 993.